The van der Waals surface area contributed by atoms with Gasteiger partial charge >= 0.3 is 0 Å². The fraction of sp³-hybridized carbons (Fsp3) is 0.238. The van der Waals surface area contributed by atoms with Crippen LogP contribution in [-0.4, -0.2) is 47.0 Å². The van der Waals surface area contributed by atoms with Crippen molar-refractivity contribution < 1.29 is 9.18 Å². The topological polar surface area (TPSA) is 74.2 Å². The Hall–Kier alpha value is -3.55. The van der Waals surface area contributed by atoms with Gasteiger partial charge in [-0.3, -0.25) is 4.79 Å². The smallest absolute Gasteiger partial charge is 0.271 e. The molecule has 2 aromatic heterocycles. The second-order valence-corrected chi connectivity index (χ2v) is 6.73. The van der Waals surface area contributed by atoms with Crippen molar-refractivity contribution in [2.75, 3.05) is 36.0 Å². The molecule has 0 atom stereocenters. The number of anilines is 2. The Morgan fingerprint density at radius 1 is 0.897 bits per heavy atom. The fourth-order valence-corrected chi connectivity index (χ4v) is 3.18. The van der Waals surface area contributed by atoms with E-state index in [-0.39, 0.29) is 17.4 Å². The third kappa shape index (κ3) is 4.66. The number of aromatic nitrogens is 3. The lowest BCUT2D eigenvalue weighted by atomic mass is 10.2. The van der Waals surface area contributed by atoms with Gasteiger partial charge in [-0.05, 0) is 29.8 Å². The third-order valence-electron chi connectivity index (χ3n) is 4.81. The van der Waals surface area contributed by atoms with E-state index in [0.29, 0.717) is 6.54 Å². The number of rotatable bonds is 5. The number of carbonyl (C=O) groups excluding carboxylic acids is 1. The summed E-state index contributed by atoms with van der Waals surface area (Å²) in [4.78, 5) is 29.7. The standard InChI is InChI=1S/C21H21FN6O/c22-17-6-4-16(5-7-17)13-26-21(29)18-14-25-20(15-24-18)28-11-9-27(10-12-28)19-3-1-2-8-23-19/h1-8,14-15H,9-13H2,(H,26,29). The number of hydrogen-bond acceptors (Lipinski definition) is 6. The molecule has 0 unspecified atom stereocenters. The largest absolute Gasteiger partial charge is 0.353 e. The molecule has 8 heteroatoms. The molecule has 3 heterocycles. The van der Waals surface area contributed by atoms with Gasteiger partial charge in [-0.25, -0.2) is 19.3 Å². The Morgan fingerprint density at radius 3 is 2.24 bits per heavy atom. The van der Waals surface area contributed by atoms with E-state index in [9.17, 15) is 9.18 Å². The van der Waals surface area contributed by atoms with Crippen molar-refractivity contribution >= 4 is 17.5 Å². The van der Waals surface area contributed by atoms with E-state index >= 15 is 0 Å². The molecule has 0 spiro atoms. The predicted molar refractivity (Wildman–Crippen MR) is 108 cm³/mol. The number of piperazine rings is 1. The highest BCUT2D eigenvalue weighted by atomic mass is 19.1. The molecule has 4 rings (SSSR count). The van der Waals surface area contributed by atoms with Crippen molar-refractivity contribution in [1.82, 2.24) is 20.3 Å². The molecule has 3 aromatic rings. The van der Waals surface area contributed by atoms with Gasteiger partial charge in [0.2, 0.25) is 0 Å². The van der Waals surface area contributed by atoms with Crippen molar-refractivity contribution in [1.29, 1.82) is 0 Å². The van der Waals surface area contributed by atoms with Crippen LogP contribution in [0.25, 0.3) is 0 Å². The predicted octanol–water partition coefficient (Wildman–Crippen LogP) is 2.27. The van der Waals surface area contributed by atoms with Crippen molar-refractivity contribution in [2.45, 2.75) is 6.54 Å². The first-order chi connectivity index (χ1) is 14.2. The zero-order valence-electron chi connectivity index (χ0n) is 15.8. The van der Waals surface area contributed by atoms with Crippen LogP contribution in [0.4, 0.5) is 16.0 Å². The Labute approximate surface area is 168 Å². The van der Waals surface area contributed by atoms with Gasteiger partial charge in [-0.2, -0.15) is 0 Å². The minimum Gasteiger partial charge on any atom is -0.353 e. The number of hydrogen-bond donors (Lipinski definition) is 1. The zero-order valence-corrected chi connectivity index (χ0v) is 15.8. The molecule has 29 heavy (non-hydrogen) atoms. The lowest BCUT2D eigenvalue weighted by molar-refractivity contribution is 0.0945. The minimum atomic E-state index is -0.312. The molecular formula is C21H21FN6O. The second kappa shape index (κ2) is 8.64. The number of nitrogens with one attached hydrogen (secondary N) is 1. The quantitative estimate of drug-likeness (QED) is 0.718. The highest BCUT2D eigenvalue weighted by molar-refractivity contribution is 5.91. The molecule has 1 aromatic carbocycles. The number of carbonyl (C=O) groups is 1. The van der Waals surface area contributed by atoms with Gasteiger partial charge in [0, 0.05) is 38.9 Å². The van der Waals surface area contributed by atoms with Crippen LogP contribution in [-0.2, 0) is 6.54 Å². The average Bonchev–Trinajstić information content (AvgIpc) is 2.79. The molecule has 0 saturated carbocycles. The number of amides is 1. The van der Waals surface area contributed by atoms with Crippen LogP contribution in [0.3, 0.4) is 0 Å². The van der Waals surface area contributed by atoms with E-state index < -0.39 is 0 Å². The van der Waals surface area contributed by atoms with Crippen LogP contribution in [0.15, 0.2) is 61.1 Å². The highest BCUT2D eigenvalue weighted by Crippen LogP contribution is 2.16. The normalized spacial score (nSPS) is 14.0. The van der Waals surface area contributed by atoms with Gasteiger partial charge in [0.05, 0.1) is 12.4 Å². The molecule has 1 aliphatic heterocycles. The number of halogens is 1. The van der Waals surface area contributed by atoms with Crippen molar-refractivity contribution in [3.05, 3.63) is 78.1 Å². The van der Waals surface area contributed by atoms with E-state index in [1.807, 2.05) is 18.2 Å². The van der Waals surface area contributed by atoms with Gasteiger partial charge in [0.15, 0.2) is 0 Å². The van der Waals surface area contributed by atoms with Crippen molar-refractivity contribution in [3.63, 3.8) is 0 Å². The van der Waals surface area contributed by atoms with Crippen molar-refractivity contribution in [3.8, 4) is 0 Å². The van der Waals surface area contributed by atoms with Gasteiger partial charge in [-0.1, -0.05) is 18.2 Å². The molecule has 1 saturated heterocycles. The number of nitrogens with zero attached hydrogens (tertiary/aromatic N) is 5. The van der Waals surface area contributed by atoms with Gasteiger partial charge in [-0.15, -0.1) is 0 Å². The molecule has 1 aliphatic rings. The molecule has 1 amide bonds. The molecule has 1 fully saturated rings. The summed E-state index contributed by atoms with van der Waals surface area (Å²) in [6, 6.07) is 11.9. The Bertz CT molecular complexity index is 941. The first-order valence-electron chi connectivity index (χ1n) is 9.45. The van der Waals surface area contributed by atoms with Crippen LogP contribution in [0.5, 0.6) is 0 Å². The fourth-order valence-electron chi connectivity index (χ4n) is 3.18. The molecule has 0 aliphatic carbocycles. The lowest BCUT2D eigenvalue weighted by Crippen LogP contribution is -2.47. The molecular weight excluding hydrogens is 371 g/mol. The van der Waals surface area contributed by atoms with Crippen LogP contribution in [0.1, 0.15) is 16.1 Å². The van der Waals surface area contributed by atoms with Gasteiger partial charge in [0.25, 0.3) is 5.91 Å². The maximum Gasteiger partial charge on any atom is 0.271 e. The van der Waals surface area contributed by atoms with E-state index in [0.717, 1.165) is 43.4 Å². The zero-order chi connectivity index (χ0) is 20.1. The summed E-state index contributed by atoms with van der Waals surface area (Å²) in [5.41, 5.74) is 1.07. The summed E-state index contributed by atoms with van der Waals surface area (Å²) in [7, 11) is 0. The number of benzene rings is 1. The van der Waals surface area contributed by atoms with Crippen molar-refractivity contribution in [2.24, 2.45) is 0 Å². The van der Waals surface area contributed by atoms with Crippen LogP contribution in [0.2, 0.25) is 0 Å². The summed E-state index contributed by atoms with van der Waals surface area (Å²) < 4.78 is 12.9. The summed E-state index contributed by atoms with van der Waals surface area (Å²) in [6.07, 6.45) is 4.91. The van der Waals surface area contributed by atoms with E-state index in [1.54, 1.807) is 24.5 Å². The number of pyridine rings is 1. The van der Waals surface area contributed by atoms with Crippen LogP contribution < -0.4 is 15.1 Å². The Balaban J connectivity index is 1.31. The highest BCUT2D eigenvalue weighted by Gasteiger charge is 2.19. The maximum atomic E-state index is 12.9. The maximum absolute atomic E-state index is 12.9. The van der Waals surface area contributed by atoms with Crippen LogP contribution in [0, 0.1) is 5.82 Å². The molecule has 0 bridgehead atoms. The second-order valence-electron chi connectivity index (χ2n) is 6.73. The summed E-state index contributed by atoms with van der Waals surface area (Å²) >= 11 is 0. The SMILES string of the molecule is O=C(NCc1ccc(F)cc1)c1cnc(N2CCN(c3ccccn3)CC2)cn1. The molecule has 7 nitrogen and oxygen atoms in total. The first-order valence-corrected chi connectivity index (χ1v) is 9.45. The molecule has 1 N–H and O–H groups in total. The summed E-state index contributed by atoms with van der Waals surface area (Å²) in [5.74, 6) is 1.11. The first kappa shape index (κ1) is 18.8. The summed E-state index contributed by atoms with van der Waals surface area (Å²) in [5, 5.41) is 2.77. The Kier molecular flexibility index (Phi) is 5.60. The van der Waals surface area contributed by atoms with Gasteiger partial charge in [0.1, 0.15) is 23.1 Å². The van der Waals surface area contributed by atoms with E-state index in [4.69, 9.17) is 0 Å². The minimum absolute atomic E-state index is 0.253. The molecule has 0 radical (unpaired) electrons. The molecule has 148 valence electrons. The van der Waals surface area contributed by atoms with E-state index in [1.165, 1.54) is 18.3 Å². The van der Waals surface area contributed by atoms with Crippen LogP contribution >= 0.6 is 0 Å². The monoisotopic (exact) mass is 392 g/mol. The Morgan fingerprint density at radius 2 is 1.62 bits per heavy atom. The average molecular weight is 392 g/mol. The third-order valence-corrected chi connectivity index (χ3v) is 4.81. The summed E-state index contributed by atoms with van der Waals surface area (Å²) in [6.45, 7) is 3.61. The van der Waals surface area contributed by atoms with Gasteiger partial charge < -0.3 is 15.1 Å². The van der Waals surface area contributed by atoms with E-state index in [2.05, 4.69) is 30.1 Å². The lowest BCUT2D eigenvalue weighted by Gasteiger charge is -2.35.